The number of rotatable bonds is 7. The summed E-state index contributed by atoms with van der Waals surface area (Å²) in [6.45, 7) is 1.88. The van der Waals surface area contributed by atoms with Crippen LogP contribution >= 0.6 is 0 Å². The van der Waals surface area contributed by atoms with E-state index in [4.69, 9.17) is 20.6 Å². The Balaban J connectivity index is 1.89. The molecule has 0 bridgehead atoms. The summed E-state index contributed by atoms with van der Waals surface area (Å²) in [6.07, 6.45) is 3.52. The fraction of sp³-hybridized carbons (Fsp3) is 0.250. The normalized spacial score (nSPS) is 11.9. The van der Waals surface area contributed by atoms with Crippen LogP contribution in [0.2, 0.25) is 0 Å². The summed E-state index contributed by atoms with van der Waals surface area (Å²) in [5, 5.41) is 10.9. The van der Waals surface area contributed by atoms with Crippen molar-refractivity contribution >= 4 is 28.4 Å². The average Bonchev–Trinajstić information content (AvgIpc) is 2.70. The minimum atomic E-state index is -0.973. The first-order valence-corrected chi connectivity index (χ1v) is 8.90. The molecule has 0 aliphatic rings. The van der Waals surface area contributed by atoms with Gasteiger partial charge < -0.3 is 20.5 Å². The second-order valence-electron chi connectivity index (χ2n) is 6.50. The Morgan fingerprint density at radius 1 is 1.28 bits per heavy atom. The quantitative estimate of drug-likeness (QED) is 0.407. The molecule has 29 heavy (non-hydrogen) atoms. The Bertz CT molecular complexity index is 1040. The first-order valence-electron chi connectivity index (χ1n) is 8.90. The molecule has 7 nitrogen and oxygen atoms in total. The van der Waals surface area contributed by atoms with Crippen molar-refractivity contribution < 1.29 is 18.3 Å². The van der Waals surface area contributed by atoms with Gasteiger partial charge in [0.2, 0.25) is 0 Å². The molecule has 152 valence electrons. The maximum Gasteiger partial charge on any atom is 0.278 e. The number of amidine groups is 1. The first-order chi connectivity index (χ1) is 13.9. The number of aromatic nitrogens is 2. The Hall–Kier alpha value is -3.49. The van der Waals surface area contributed by atoms with E-state index in [9.17, 15) is 8.78 Å². The molecule has 0 saturated heterocycles. The van der Waals surface area contributed by atoms with Gasteiger partial charge in [0.1, 0.15) is 11.3 Å². The van der Waals surface area contributed by atoms with Crippen molar-refractivity contribution in [1.82, 2.24) is 9.97 Å². The standard InChI is InChI=1S/C20H21F2N5O2/c1-11(4-6-29-20(23)24)15-8-13(9-16(21)17(15)22)27-19-18-12(3-5-25-19)7-14(28-2)10-26-18/h3,5,7-11H,4,6H2,1-2H3,(H3,23,24)(H,25,27)/t11-/m1/s1. The van der Waals surface area contributed by atoms with Gasteiger partial charge in [-0.05, 0) is 36.1 Å². The molecule has 0 unspecified atom stereocenters. The number of anilines is 2. The summed E-state index contributed by atoms with van der Waals surface area (Å²) in [4.78, 5) is 8.60. The lowest BCUT2D eigenvalue weighted by atomic mass is 9.96. The summed E-state index contributed by atoms with van der Waals surface area (Å²) in [5.41, 5.74) is 6.25. The number of pyridine rings is 2. The topological polar surface area (TPSA) is 106 Å². The number of hydrogen-bond acceptors (Lipinski definition) is 6. The van der Waals surface area contributed by atoms with Crippen LogP contribution < -0.4 is 15.8 Å². The van der Waals surface area contributed by atoms with Crippen molar-refractivity contribution in [2.45, 2.75) is 19.3 Å². The molecule has 2 heterocycles. The van der Waals surface area contributed by atoms with E-state index in [2.05, 4.69) is 15.3 Å². The van der Waals surface area contributed by atoms with Crippen LogP contribution in [-0.4, -0.2) is 29.7 Å². The maximum atomic E-state index is 14.3. The van der Waals surface area contributed by atoms with Gasteiger partial charge in [0.25, 0.3) is 6.02 Å². The highest BCUT2D eigenvalue weighted by Crippen LogP contribution is 2.30. The van der Waals surface area contributed by atoms with Crippen molar-refractivity contribution in [3.63, 3.8) is 0 Å². The lowest BCUT2D eigenvalue weighted by Crippen LogP contribution is -2.16. The summed E-state index contributed by atoms with van der Waals surface area (Å²) in [7, 11) is 1.55. The van der Waals surface area contributed by atoms with Crippen LogP contribution in [0.1, 0.15) is 24.8 Å². The number of ether oxygens (including phenoxy) is 2. The first kappa shape index (κ1) is 20.2. The minimum absolute atomic E-state index is 0.131. The number of nitrogens with two attached hydrogens (primary N) is 1. The minimum Gasteiger partial charge on any atom is -0.495 e. The number of fused-ring (bicyclic) bond motifs is 1. The molecule has 2 aromatic heterocycles. The molecule has 3 rings (SSSR count). The van der Waals surface area contributed by atoms with E-state index in [-0.39, 0.29) is 18.1 Å². The van der Waals surface area contributed by atoms with Crippen molar-refractivity contribution in [1.29, 1.82) is 5.41 Å². The van der Waals surface area contributed by atoms with Crippen molar-refractivity contribution in [2.75, 3.05) is 19.0 Å². The molecule has 3 aromatic rings. The summed E-state index contributed by atoms with van der Waals surface area (Å²) < 4.78 is 38.6. The highest BCUT2D eigenvalue weighted by molar-refractivity contribution is 5.90. The third-order valence-electron chi connectivity index (χ3n) is 4.47. The van der Waals surface area contributed by atoms with E-state index in [0.717, 1.165) is 11.5 Å². The Morgan fingerprint density at radius 2 is 2.07 bits per heavy atom. The maximum absolute atomic E-state index is 14.3. The lowest BCUT2D eigenvalue weighted by Gasteiger charge is -2.16. The van der Waals surface area contributed by atoms with Crippen LogP contribution in [-0.2, 0) is 4.74 Å². The molecular formula is C20H21F2N5O2. The van der Waals surface area contributed by atoms with Gasteiger partial charge >= 0.3 is 0 Å². The highest BCUT2D eigenvalue weighted by Gasteiger charge is 2.17. The third-order valence-corrected chi connectivity index (χ3v) is 4.47. The Morgan fingerprint density at radius 3 is 2.79 bits per heavy atom. The van der Waals surface area contributed by atoms with Crippen LogP contribution in [0.25, 0.3) is 10.9 Å². The number of halogens is 2. The van der Waals surface area contributed by atoms with Crippen LogP contribution in [0.3, 0.4) is 0 Å². The predicted molar refractivity (Wildman–Crippen MR) is 107 cm³/mol. The van der Waals surface area contributed by atoms with E-state index in [1.54, 1.807) is 32.5 Å². The van der Waals surface area contributed by atoms with Crippen molar-refractivity contribution in [3.05, 3.63) is 53.9 Å². The van der Waals surface area contributed by atoms with E-state index >= 15 is 0 Å². The fourth-order valence-corrected chi connectivity index (χ4v) is 2.92. The van der Waals surface area contributed by atoms with Crippen LogP contribution in [0.4, 0.5) is 20.3 Å². The monoisotopic (exact) mass is 401 g/mol. The van der Waals surface area contributed by atoms with Crippen molar-refractivity contribution in [3.8, 4) is 5.75 Å². The zero-order chi connectivity index (χ0) is 21.0. The van der Waals surface area contributed by atoms with Gasteiger partial charge in [-0.3, -0.25) is 5.41 Å². The Labute approximate surface area is 166 Å². The molecule has 9 heteroatoms. The molecule has 1 aromatic carbocycles. The summed E-state index contributed by atoms with van der Waals surface area (Å²) in [6, 6.07) is 5.78. The molecule has 0 radical (unpaired) electrons. The molecule has 1 atom stereocenters. The predicted octanol–water partition coefficient (Wildman–Crippen LogP) is 4.06. The SMILES string of the molecule is COc1cnc2c(Nc3cc(F)c(F)c([C@H](C)CCOC(=N)N)c3)nccc2c1. The molecular weight excluding hydrogens is 380 g/mol. The average molecular weight is 401 g/mol. The number of nitrogens with zero attached hydrogens (tertiary/aromatic N) is 2. The van der Waals surface area contributed by atoms with E-state index in [1.807, 2.05) is 6.07 Å². The largest absolute Gasteiger partial charge is 0.495 e. The smallest absolute Gasteiger partial charge is 0.278 e. The van der Waals surface area contributed by atoms with Crippen LogP contribution in [0, 0.1) is 17.0 Å². The summed E-state index contributed by atoms with van der Waals surface area (Å²) in [5.74, 6) is -1.23. The van der Waals surface area contributed by atoms with E-state index in [0.29, 0.717) is 29.2 Å². The van der Waals surface area contributed by atoms with Gasteiger partial charge in [0.15, 0.2) is 17.5 Å². The zero-order valence-electron chi connectivity index (χ0n) is 16.0. The molecule has 0 fully saturated rings. The number of methoxy groups -OCH3 is 1. The van der Waals surface area contributed by atoms with Crippen LogP contribution in [0.15, 0.2) is 36.7 Å². The van der Waals surface area contributed by atoms with Gasteiger partial charge in [0.05, 0.1) is 19.9 Å². The van der Waals surface area contributed by atoms with Gasteiger partial charge in [-0.25, -0.2) is 18.7 Å². The molecule has 4 N–H and O–H groups in total. The summed E-state index contributed by atoms with van der Waals surface area (Å²) >= 11 is 0. The lowest BCUT2D eigenvalue weighted by molar-refractivity contribution is 0.280. The van der Waals surface area contributed by atoms with Gasteiger partial charge in [-0.2, -0.15) is 0 Å². The second-order valence-corrected chi connectivity index (χ2v) is 6.50. The van der Waals surface area contributed by atoms with Gasteiger partial charge in [0, 0.05) is 23.3 Å². The number of hydrogen-bond donors (Lipinski definition) is 3. The molecule has 0 aliphatic carbocycles. The Kier molecular flexibility index (Phi) is 6.06. The molecule has 0 amide bonds. The van der Waals surface area contributed by atoms with Crippen LogP contribution in [0.5, 0.6) is 5.75 Å². The van der Waals surface area contributed by atoms with Gasteiger partial charge in [-0.1, -0.05) is 6.92 Å². The third kappa shape index (κ3) is 4.68. The number of nitrogens with one attached hydrogen (secondary N) is 2. The van der Waals surface area contributed by atoms with E-state index in [1.165, 1.54) is 6.07 Å². The zero-order valence-corrected chi connectivity index (χ0v) is 16.0. The molecule has 0 aliphatic heterocycles. The second kappa shape index (κ2) is 8.68. The molecule has 0 spiro atoms. The number of benzene rings is 1. The fourth-order valence-electron chi connectivity index (χ4n) is 2.92. The van der Waals surface area contributed by atoms with Crippen molar-refractivity contribution in [2.24, 2.45) is 5.73 Å². The highest BCUT2D eigenvalue weighted by atomic mass is 19.2. The van der Waals surface area contributed by atoms with Gasteiger partial charge in [-0.15, -0.1) is 0 Å². The molecule has 0 saturated carbocycles. The van der Waals surface area contributed by atoms with E-state index < -0.39 is 17.7 Å².